The van der Waals surface area contributed by atoms with Crippen LogP contribution in [0.1, 0.15) is 40.0 Å². The van der Waals surface area contributed by atoms with Gasteiger partial charge in [-0.15, -0.1) is 0 Å². The molecule has 0 rings (SSSR count). The van der Waals surface area contributed by atoms with E-state index in [0.717, 1.165) is 0 Å². The quantitative estimate of drug-likeness (QED) is 0.323. The summed E-state index contributed by atoms with van der Waals surface area (Å²) < 4.78 is 0. The Hall–Kier alpha value is -2.36. The van der Waals surface area contributed by atoms with Crippen molar-refractivity contribution in [2.75, 3.05) is 20.6 Å². The highest BCUT2D eigenvalue weighted by Crippen LogP contribution is 2.07. The molecule has 0 aliphatic rings. The Kier molecular flexibility index (Phi) is 11.0. The topological polar surface area (TPSA) is 148 Å². The van der Waals surface area contributed by atoms with Crippen molar-refractivity contribution in [2.45, 2.75) is 58.2 Å². The van der Waals surface area contributed by atoms with Crippen LogP contribution in [0.2, 0.25) is 0 Å². The molecule has 0 aliphatic heterocycles. The molecule has 0 bridgehead atoms. The van der Waals surface area contributed by atoms with Crippen LogP contribution in [0.5, 0.6) is 0 Å². The number of aliphatic hydroxyl groups excluding tert-OH is 1. The van der Waals surface area contributed by atoms with Gasteiger partial charge in [-0.05, 0) is 18.8 Å². The van der Waals surface area contributed by atoms with Crippen molar-refractivity contribution < 1.29 is 29.4 Å². The molecule has 3 atom stereocenters. The molecule has 0 aliphatic carbocycles. The predicted octanol–water partition coefficient (Wildman–Crippen LogP) is -0.481. The van der Waals surface area contributed by atoms with E-state index >= 15 is 0 Å². The largest absolute Gasteiger partial charge is 0.465 e. The average molecular weight is 388 g/mol. The van der Waals surface area contributed by atoms with E-state index in [9.17, 15) is 24.3 Å². The Morgan fingerprint density at radius 3 is 2.11 bits per heavy atom. The molecule has 0 aromatic heterocycles. The first-order valence-corrected chi connectivity index (χ1v) is 8.95. The number of nitrogens with zero attached hydrogens (tertiary/aromatic N) is 1. The summed E-state index contributed by atoms with van der Waals surface area (Å²) in [5, 5.41) is 25.7. The molecule has 4 amide bonds. The minimum Gasteiger partial charge on any atom is -0.465 e. The summed E-state index contributed by atoms with van der Waals surface area (Å²) in [6.07, 6.45) is -1.71. The van der Waals surface area contributed by atoms with Crippen LogP contribution < -0.4 is 16.0 Å². The zero-order chi connectivity index (χ0) is 21.1. The first-order chi connectivity index (χ1) is 12.5. The molecular formula is C17H32N4O6. The molecular weight excluding hydrogens is 356 g/mol. The Bertz CT molecular complexity index is 524. The lowest BCUT2D eigenvalue weighted by Gasteiger charge is -2.24. The summed E-state index contributed by atoms with van der Waals surface area (Å²) in [6.45, 7) is 5.19. The maximum atomic E-state index is 12.1. The van der Waals surface area contributed by atoms with E-state index in [1.54, 1.807) is 21.0 Å². The number of rotatable bonds is 11. The molecule has 10 nitrogen and oxygen atoms in total. The number of carbonyl (C=O) groups is 4. The number of carbonyl (C=O) groups excluding carboxylic acids is 3. The van der Waals surface area contributed by atoms with Gasteiger partial charge < -0.3 is 31.1 Å². The van der Waals surface area contributed by atoms with Gasteiger partial charge >= 0.3 is 6.09 Å². The van der Waals surface area contributed by atoms with Gasteiger partial charge in [0.2, 0.25) is 11.8 Å². The summed E-state index contributed by atoms with van der Waals surface area (Å²) in [7, 11) is 3.17. The smallest absolute Gasteiger partial charge is 0.404 e. The van der Waals surface area contributed by atoms with Crippen LogP contribution in [0.15, 0.2) is 0 Å². The van der Waals surface area contributed by atoms with E-state index in [0.29, 0.717) is 12.8 Å². The van der Waals surface area contributed by atoms with Gasteiger partial charge in [-0.2, -0.15) is 0 Å². The molecule has 27 heavy (non-hydrogen) atoms. The second-order valence-corrected chi connectivity index (χ2v) is 6.99. The SMILES string of the molecule is CCCC(NC(=O)O)C(O)C(=O)NCC(=O)N[C@@H](CC(C)C)C(=O)N(C)C. The monoisotopic (exact) mass is 388 g/mol. The Morgan fingerprint density at radius 1 is 1.07 bits per heavy atom. The highest BCUT2D eigenvalue weighted by Gasteiger charge is 2.28. The number of aliphatic hydroxyl groups is 1. The molecule has 0 saturated carbocycles. The first kappa shape index (κ1) is 24.6. The highest BCUT2D eigenvalue weighted by atomic mass is 16.4. The van der Waals surface area contributed by atoms with E-state index in [-0.39, 0.29) is 18.2 Å². The molecule has 0 heterocycles. The van der Waals surface area contributed by atoms with E-state index in [2.05, 4.69) is 16.0 Å². The Labute approximate surface area is 159 Å². The molecule has 156 valence electrons. The van der Waals surface area contributed by atoms with Crippen molar-refractivity contribution in [1.82, 2.24) is 20.9 Å². The number of likely N-dealkylation sites (N-methyl/N-ethyl adjacent to an activating group) is 1. The zero-order valence-electron chi connectivity index (χ0n) is 16.6. The van der Waals surface area contributed by atoms with Gasteiger partial charge in [0.1, 0.15) is 6.04 Å². The van der Waals surface area contributed by atoms with Crippen molar-refractivity contribution in [1.29, 1.82) is 0 Å². The van der Waals surface area contributed by atoms with Crippen molar-refractivity contribution in [3.05, 3.63) is 0 Å². The number of nitrogens with one attached hydrogen (secondary N) is 3. The van der Waals surface area contributed by atoms with E-state index < -0.39 is 42.6 Å². The van der Waals surface area contributed by atoms with Crippen LogP contribution in [0.25, 0.3) is 0 Å². The van der Waals surface area contributed by atoms with Gasteiger partial charge in [0.15, 0.2) is 6.10 Å². The minimum absolute atomic E-state index is 0.174. The summed E-state index contributed by atoms with van der Waals surface area (Å²) in [5.41, 5.74) is 0. The van der Waals surface area contributed by atoms with Gasteiger partial charge in [0.05, 0.1) is 12.6 Å². The molecule has 0 aromatic carbocycles. The summed E-state index contributed by atoms with van der Waals surface area (Å²) in [6, 6.07) is -1.68. The fraction of sp³-hybridized carbons (Fsp3) is 0.765. The number of hydrogen-bond donors (Lipinski definition) is 5. The fourth-order valence-electron chi connectivity index (χ4n) is 2.48. The number of amides is 4. The first-order valence-electron chi connectivity index (χ1n) is 8.95. The highest BCUT2D eigenvalue weighted by molar-refractivity contribution is 5.91. The lowest BCUT2D eigenvalue weighted by atomic mass is 10.0. The second-order valence-electron chi connectivity index (χ2n) is 6.99. The van der Waals surface area contributed by atoms with Crippen LogP contribution in [0.4, 0.5) is 4.79 Å². The Balaban J connectivity index is 4.73. The molecule has 0 fully saturated rings. The zero-order valence-corrected chi connectivity index (χ0v) is 16.6. The third-order valence-corrected chi connectivity index (χ3v) is 3.76. The van der Waals surface area contributed by atoms with Crippen LogP contribution >= 0.6 is 0 Å². The van der Waals surface area contributed by atoms with Gasteiger partial charge in [0, 0.05) is 14.1 Å². The van der Waals surface area contributed by atoms with E-state index in [4.69, 9.17) is 5.11 Å². The third kappa shape index (κ3) is 9.78. The van der Waals surface area contributed by atoms with Gasteiger partial charge in [-0.1, -0.05) is 27.2 Å². The van der Waals surface area contributed by atoms with Gasteiger partial charge in [-0.25, -0.2) is 4.79 Å². The van der Waals surface area contributed by atoms with Crippen molar-refractivity contribution in [3.8, 4) is 0 Å². The van der Waals surface area contributed by atoms with Gasteiger partial charge in [-0.3, -0.25) is 14.4 Å². The van der Waals surface area contributed by atoms with E-state index in [1.165, 1.54) is 4.90 Å². The predicted molar refractivity (Wildman–Crippen MR) is 99.0 cm³/mol. The van der Waals surface area contributed by atoms with Gasteiger partial charge in [0.25, 0.3) is 5.91 Å². The molecule has 0 aromatic rings. The molecule has 2 unspecified atom stereocenters. The summed E-state index contributed by atoms with van der Waals surface area (Å²) >= 11 is 0. The number of hydrogen-bond acceptors (Lipinski definition) is 5. The van der Waals surface area contributed by atoms with Crippen LogP contribution in [-0.4, -0.2) is 77.8 Å². The maximum Gasteiger partial charge on any atom is 0.404 e. The third-order valence-electron chi connectivity index (χ3n) is 3.76. The molecule has 0 spiro atoms. The van der Waals surface area contributed by atoms with Crippen molar-refractivity contribution in [2.24, 2.45) is 5.92 Å². The summed E-state index contributed by atoms with van der Waals surface area (Å²) in [4.78, 5) is 48.3. The summed E-state index contributed by atoms with van der Waals surface area (Å²) in [5.74, 6) is -1.52. The minimum atomic E-state index is -1.62. The van der Waals surface area contributed by atoms with Crippen molar-refractivity contribution >= 4 is 23.8 Å². The van der Waals surface area contributed by atoms with Crippen molar-refractivity contribution in [3.63, 3.8) is 0 Å². The van der Waals surface area contributed by atoms with E-state index in [1.807, 2.05) is 13.8 Å². The normalized spacial score (nSPS) is 14.0. The standard InChI is InChI=1S/C17H32N4O6/c1-6-7-11(20-17(26)27)14(23)15(24)18-9-13(22)19-12(8-10(2)3)16(25)21(4)5/h10-12,14,20,23H,6-9H2,1-5H3,(H,18,24)(H,19,22)(H,26,27)/t11?,12-,14?/m0/s1. The Morgan fingerprint density at radius 2 is 1.67 bits per heavy atom. The lowest BCUT2D eigenvalue weighted by Crippen LogP contribution is -2.53. The van der Waals surface area contributed by atoms with Crippen LogP contribution in [0, 0.1) is 5.92 Å². The molecule has 5 N–H and O–H groups in total. The molecule has 0 radical (unpaired) electrons. The van der Waals surface area contributed by atoms with Crippen LogP contribution in [0.3, 0.4) is 0 Å². The molecule has 0 saturated heterocycles. The number of carboxylic acid groups (broad SMARTS) is 1. The maximum absolute atomic E-state index is 12.1. The average Bonchev–Trinajstić information content (AvgIpc) is 2.56. The fourth-order valence-corrected chi connectivity index (χ4v) is 2.48. The molecule has 10 heteroatoms. The second kappa shape index (κ2) is 12.1. The lowest BCUT2D eigenvalue weighted by molar-refractivity contribution is -0.135. The van der Waals surface area contributed by atoms with Crippen LogP contribution in [-0.2, 0) is 14.4 Å².